The van der Waals surface area contributed by atoms with Crippen LogP contribution in [0.15, 0.2) is 48.5 Å². The molecule has 156 valence electrons. The van der Waals surface area contributed by atoms with E-state index >= 15 is 0 Å². The molecule has 3 rings (SSSR count). The molecule has 30 heavy (non-hydrogen) atoms. The third kappa shape index (κ3) is 5.41. The molecule has 0 radical (unpaired) electrons. The van der Waals surface area contributed by atoms with Gasteiger partial charge in [-0.1, -0.05) is 6.42 Å². The van der Waals surface area contributed by atoms with Crippen LogP contribution in [0.25, 0.3) is 0 Å². The van der Waals surface area contributed by atoms with Crippen LogP contribution in [0.4, 0.5) is 11.4 Å². The molecule has 2 N–H and O–H groups in total. The summed E-state index contributed by atoms with van der Waals surface area (Å²) in [6.45, 7) is 3.00. The lowest BCUT2D eigenvalue weighted by molar-refractivity contribution is -0.124. The van der Waals surface area contributed by atoms with Crippen molar-refractivity contribution in [3.63, 3.8) is 0 Å². The zero-order valence-corrected chi connectivity index (χ0v) is 17.2. The van der Waals surface area contributed by atoms with Gasteiger partial charge in [-0.2, -0.15) is 0 Å². The monoisotopic (exact) mass is 406 g/mol. The fourth-order valence-corrected chi connectivity index (χ4v) is 3.73. The van der Waals surface area contributed by atoms with Gasteiger partial charge in [-0.25, -0.2) is 0 Å². The first-order valence-electron chi connectivity index (χ1n) is 10.2. The van der Waals surface area contributed by atoms with Crippen LogP contribution in [0.3, 0.4) is 0 Å². The second-order valence-corrected chi connectivity index (χ2v) is 7.81. The number of rotatable bonds is 6. The van der Waals surface area contributed by atoms with Gasteiger partial charge in [0.25, 0.3) is 0 Å². The Kier molecular flexibility index (Phi) is 6.77. The van der Waals surface area contributed by atoms with Gasteiger partial charge in [-0.15, -0.1) is 0 Å². The van der Waals surface area contributed by atoms with E-state index in [-0.39, 0.29) is 35.2 Å². The lowest BCUT2D eigenvalue weighted by Crippen LogP contribution is -2.33. The summed E-state index contributed by atoms with van der Waals surface area (Å²) in [7, 11) is 0. The Bertz CT molecular complexity index is 871. The molecule has 0 aliphatic heterocycles. The van der Waals surface area contributed by atoms with Crippen LogP contribution >= 0.6 is 0 Å². The minimum Gasteiger partial charge on any atom is -0.326 e. The lowest BCUT2D eigenvalue weighted by atomic mass is 9.80. The van der Waals surface area contributed by atoms with E-state index in [9.17, 15) is 19.2 Å². The van der Waals surface area contributed by atoms with Crippen molar-refractivity contribution in [3.05, 3.63) is 59.7 Å². The molecule has 0 bridgehead atoms. The fraction of sp³-hybridized carbons (Fsp3) is 0.333. The summed E-state index contributed by atoms with van der Waals surface area (Å²) in [5.74, 6) is -0.721. The molecule has 1 aliphatic carbocycles. The minimum absolute atomic E-state index is 0.0232. The van der Waals surface area contributed by atoms with Gasteiger partial charge in [0.15, 0.2) is 11.6 Å². The van der Waals surface area contributed by atoms with Gasteiger partial charge in [0.05, 0.1) is 0 Å². The predicted molar refractivity (Wildman–Crippen MR) is 116 cm³/mol. The highest BCUT2D eigenvalue weighted by molar-refractivity contribution is 5.98. The summed E-state index contributed by atoms with van der Waals surface area (Å²) in [6.07, 6.45) is 2.79. The number of amides is 2. The summed E-state index contributed by atoms with van der Waals surface area (Å²) in [5, 5.41) is 5.78. The number of benzene rings is 2. The summed E-state index contributed by atoms with van der Waals surface area (Å²) < 4.78 is 0. The third-order valence-electron chi connectivity index (χ3n) is 5.53. The quantitative estimate of drug-likeness (QED) is 0.692. The standard InChI is InChI=1S/C24H26N2O4/c1-15(27)17-6-10-21(11-7-17)25-23(29)19-4-3-5-20(14-19)24(30)26-22-12-8-18(9-13-22)16(2)28/h6-13,19-20H,3-5,14H2,1-2H3,(H,25,29)(H,26,30)/t19-,20-/m0/s1. The fourth-order valence-electron chi connectivity index (χ4n) is 3.73. The van der Waals surface area contributed by atoms with E-state index in [1.807, 2.05) is 0 Å². The highest BCUT2D eigenvalue weighted by Gasteiger charge is 2.31. The van der Waals surface area contributed by atoms with E-state index in [1.54, 1.807) is 48.5 Å². The van der Waals surface area contributed by atoms with Gasteiger partial charge < -0.3 is 10.6 Å². The van der Waals surface area contributed by atoms with E-state index in [4.69, 9.17) is 0 Å². The topological polar surface area (TPSA) is 92.3 Å². The third-order valence-corrected chi connectivity index (χ3v) is 5.53. The Labute approximate surface area is 176 Å². The van der Waals surface area contributed by atoms with Crippen molar-refractivity contribution in [3.8, 4) is 0 Å². The van der Waals surface area contributed by atoms with Crippen molar-refractivity contribution in [1.29, 1.82) is 0 Å². The van der Waals surface area contributed by atoms with Crippen LogP contribution in [0.2, 0.25) is 0 Å². The summed E-state index contributed by atoms with van der Waals surface area (Å²) >= 11 is 0. The predicted octanol–water partition coefficient (Wildman–Crippen LogP) is 4.48. The molecule has 2 aromatic rings. The summed E-state index contributed by atoms with van der Waals surface area (Å²) in [6, 6.07) is 13.6. The second-order valence-electron chi connectivity index (χ2n) is 7.81. The summed E-state index contributed by atoms with van der Waals surface area (Å²) in [5.41, 5.74) is 2.47. The Balaban J connectivity index is 1.57. The molecule has 0 saturated heterocycles. The van der Waals surface area contributed by atoms with Gasteiger partial charge in [-0.3, -0.25) is 19.2 Å². The van der Waals surface area contributed by atoms with Crippen molar-refractivity contribution in [2.45, 2.75) is 39.5 Å². The Morgan fingerprint density at radius 3 is 1.37 bits per heavy atom. The number of hydrogen-bond donors (Lipinski definition) is 2. The zero-order valence-electron chi connectivity index (χ0n) is 17.2. The van der Waals surface area contributed by atoms with Crippen LogP contribution in [-0.2, 0) is 9.59 Å². The molecule has 6 nitrogen and oxygen atoms in total. The van der Waals surface area contributed by atoms with Crippen LogP contribution in [0.1, 0.15) is 60.2 Å². The molecule has 1 aliphatic rings. The van der Waals surface area contributed by atoms with Crippen molar-refractivity contribution in [2.75, 3.05) is 10.6 Å². The number of ketones is 2. The maximum absolute atomic E-state index is 12.7. The second kappa shape index (κ2) is 9.48. The average Bonchev–Trinajstić information content (AvgIpc) is 2.74. The first-order chi connectivity index (χ1) is 14.3. The maximum atomic E-state index is 12.7. The van der Waals surface area contributed by atoms with Gasteiger partial charge in [0.2, 0.25) is 11.8 Å². The van der Waals surface area contributed by atoms with Gasteiger partial charge in [-0.05, 0) is 81.6 Å². The molecule has 6 heteroatoms. The number of hydrogen-bond acceptors (Lipinski definition) is 4. The van der Waals surface area contributed by atoms with Crippen molar-refractivity contribution in [2.24, 2.45) is 11.8 Å². The van der Waals surface area contributed by atoms with Crippen molar-refractivity contribution in [1.82, 2.24) is 0 Å². The smallest absolute Gasteiger partial charge is 0.227 e. The Morgan fingerprint density at radius 2 is 1.03 bits per heavy atom. The number of Topliss-reactive ketones (excluding diaryl/α,β-unsaturated/α-hetero) is 2. The molecule has 0 spiro atoms. The zero-order chi connectivity index (χ0) is 21.7. The Hall–Kier alpha value is -3.28. The molecule has 2 atom stereocenters. The normalized spacial score (nSPS) is 18.3. The molecule has 0 aromatic heterocycles. The number of anilines is 2. The highest BCUT2D eigenvalue weighted by Crippen LogP contribution is 2.31. The van der Waals surface area contributed by atoms with Crippen LogP contribution in [0.5, 0.6) is 0 Å². The van der Waals surface area contributed by atoms with E-state index in [1.165, 1.54) is 13.8 Å². The molecule has 0 unspecified atom stereocenters. The highest BCUT2D eigenvalue weighted by atomic mass is 16.2. The SMILES string of the molecule is CC(=O)c1ccc(NC(=O)[C@H]2CCC[C@H](C(=O)Nc3ccc(C(C)=O)cc3)C2)cc1. The van der Waals surface area contributed by atoms with Crippen LogP contribution in [0, 0.1) is 11.8 Å². The first kappa shape index (κ1) is 21.4. The van der Waals surface area contributed by atoms with Crippen LogP contribution in [-0.4, -0.2) is 23.4 Å². The number of carbonyl (C=O) groups excluding carboxylic acids is 4. The average molecular weight is 406 g/mol. The molecule has 1 saturated carbocycles. The Morgan fingerprint density at radius 1 is 0.667 bits per heavy atom. The van der Waals surface area contributed by atoms with E-state index in [0.29, 0.717) is 28.9 Å². The van der Waals surface area contributed by atoms with Gasteiger partial charge in [0.1, 0.15) is 0 Å². The lowest BCUT2D eigenvalue weighted by Gasteiger charge is -2.27. The van der Waals surface area contributed by atoms with E-state index < -0.39 is 0 Å². The van der Waals surface area contributed by atoms with Crippen LogP contribution < -0.4 is 10.6 Å². The van der Waals surface area contributed by atoms with Gasteiger partial charge >= 0.3 is 0 Å². The molecular weight excluding hydrogens is 380 g/mol. The van der Waals surface area contributed by atoms with E-state index in [0.717, 1.165) is 19.3 Å². The molecule has 0 heterocycles. The molecular formula is C24H26N2O4. The van der Waals surface area contributed by atoms with Crippen molar-refractivity contribution < 1.29 is 19.2 Å². The summed E-state index contributed by atoms with van der Waals surface area (Å²) in [4.78, 5) is 48.1. The molecule has 1 fully saturated rings. The van der Waals surface area contributed by atoms with Crippen molar-refractivity contribution >= 4 is 34.8 Å². The first-order valence-corrected chi connectivity index (χ1v) is 10.2. The number of carbonyl (C=O) groups is 4. The van der Waals surface area contributed by atoms with Gasteiger partial charge in [0, 0.05) is 34.3 Å². The molecule has 2 aromatic carbocycles. The maximum Gasteiger partial charge on any atom is 0.227 e. The number of nitrogens with one attached hydrogen (secondary N) is 2. The van der Waals surface area contributed by atoms with E-state index in [2.05, 4.69) is 10.6 Å². The molecule has 2 amide bonds. The largest absolute Gasteiger partial charge is 0.326 e. The minimum atomic E-state index is -0.234.